The number of nitrogens with zero attached hydrogens (tertiary/aromatic N) is 2. The molecule has 0 saturated carbocycles. The summed E-state index contributed by atoms with van der Waals surface area (Å²) < 4.78 is 1.92. The molecule has 0 aliphatic carbocycles. The monoisotopic (exact) mass is 184 g/mol. The Labute approximate surface area is 77.9 Å². The Kier molecular flexibility index (Phi) is 3.35. The molecule has 0 amide bonds. The molecule has 0 fully saturated rings. The number of aromatic nitrogens is 2. The fraction of sp³-hybridized carbons (Fsp3) is 0.444. The summed E-state index contributed by atoms with van der Waals surface area (Å²) in [7, 11) is 1.96. The summed E-state index contributed by atoms with van der Waals surface area (Å²) in [6.07, 6.45) is 6.78. The third-order valence-corrected chi connectivity index (χ3v) is 2.05. The average molecular weight is 185 g/mol. The van der Waals surface area contributed by atoms with Crippen molar-refractivity contribution in [3.63, 3.8) is 0 Å². The van der Waals surface area contributed by atoms with Crippen LogP contribution in [-0.4, -0.2) is 15.4 Å². The van der Waals surface area contributed by atoms with Crippen LogP contribution < -0.4 is 0 Å². The molecule has 0 N–H and O–H groups in total. The van der Waals surface area contributed by atoms with Crippen molar-refractivity contribution in [1.29, 1.82) is 0 Å². The molecule has 0 spiro atoms. The van der Waals surface area contributed by atoms with Gasteiger partial charge in [0.15, 0.2) is 0 Å². The second kappa shape index (κ2) is 4.31. The Balaban J connectivity index is 2.78. The number of aryl methyl sites for hydroxylation is 1. The second-order valence-electron chi connectivity index (χ2n) is 2.75. The molecule has 0 aliphatic heterocycles. The lowest BCUT2D eigenvalue weighted by atomic mass is 10.2. The van der Waals surface area contributed by atoms with Crippen molar-refractivity contribution >= 4 is 17.7 Å². The van der Waals surface area contributed by atoms with Crippen molar-refractivity contribution in [2.75, 3.05) is 5.88 Å². The maximum absolute atomic E-state index is 5.72. The normalized spacial score (nSPS) is 12.1. The first kappa shape index (κ1) is 9.33. The van der Waals surface area contributed by atoms with E-state index in [9.17, 15) is 0 Å². The van der Waals surface area contributed by atoms with Gasteiger partial charge in [-0.25, -0.2) is 4.98 Å². The van der Waals surface area contributed by atoms with Gasteiger partial charge >= 0.3 is 0 Å². The second-order valence-corrected chi connectivity index (χ2v) is 3.02. The highest BCUT2D eigenvalue weighted by atomic mass is 35.5. The Bertz CT molecular complexity index is 270. The highest BCUT2D eigenvalue weighted by Crippen LogP contribution is 2.08. The molecule has 0 saturated heterocycles. The number of allylic oxidation sites excluding steroid dienone is 1. The van der Waals surface area contributed by atoms with Gasteiger partial charge in [-0.2, -0.15) is 0 Å². The van der Waals surface area contributed by atoms with Crippen LogP contribution in [0.2, 0.25) is 0 Å². The van der Waals surface area contributed by atoms with Gasteiger partial charge in [-0.05, 0) is 12.5 Å². The van der Waals surface area contributed by atoms with Gasteiger partial charge in [0.1, 0.15) is 0 Å². The number of hydrogen-bond donors (Lipinski definition) is 0. The SMILES string of the molecule is CC/C(=C\c1cn(C)cn1)CCl. The first-order chi connectivity index (χ1) is 5.76. The van der Waals surface area contributed by atoms with Gasteiger partial charge in [0.05, 0.1) is 12.0 Å². The molecule has 0 aliphatic rings. The summed E-state index contributed by atoms with van der Waals surface area (Å²) in [5.41, 5.74) is 2.20. The fourth-order valence-corrected chi connectivity index (χ4v) is 1.22. The van der Waals surface area contributed by atoms with E-state index in [2.05, 4.69) is 11.9 Å². The van der Waals surface area contributed by atoms with Gasteiger partial charge in [0.2, 0.25) is 0 Å². The molecule has 12 heavy (non-hydrogen) atoms. The minimum absolute atomic E-state index is 0.590. The zero-order chi connectivity index (χ0) is 8.97. The van der Waals surface area contributed by atoms with Crippen molar-refractivity contribution in [3.8, 4) is 0 Å². The maximum atomic E-state index is 5.72. The van der Waals surface area contributed by atoms with Crippen LogP contribution >= 0.6 is 11.6 Å². The van der Waals surface area contributed by atoms with E-state index in [0.717, 1.165) is 12.1 Å². The van der Waals surface area contributed by atoms with E-state index in [0.29, 0.717) is 5.88 Å². The molecule has 1 aromatic rings. The average Bonchev–Trinajstić information content (AvgIpc) is 2.47. The van der Waals surface area contributed by atoms with Crippen LogP contribution in [0, 0.1) is 0 Å². The quantitative estimate of drug-likeness (QED) is 0.660. The number of rotatable bonds is 3. The van der Waals surface area contributed by atoms with Crippen LogP contribution in [0.3, 0.4) is 0 Å². The van der Waals surface area contributed by atoms with Gasteiger partial charge in [0, 0.05) is 19.1 Å². The largest absolute Gasteiger partial charge is 0.340 e. The fourth-order valence-electron chi connectivity index (χ4n) is 0.952. The smallest absolute Gasteiger partial charge is 0.0950 e. The minimum Gasteiger partial charge on any atom is -0.340 e. The number of imidazole rings is 1. The number of alkyl halides is 1. The van der Waals surface area contributed by atoms with Crippen molar-refractivity contribution in [2.45, 2.75) is 13.3 Å². The van der Waals surface area contributed by atoms with Crippen molar-refractivity contribution in [2.24, 2.45) is 7.05 Å². The summed E-state index contributed by atoms with van der Waals surface area (Å²) in [5, 5.41) is 0. The Hall–Kier alpha value is -0.760. The van der Waals surface area contributed by atoms with E-state index < -0.39 is 0 Å². The van der Waals surface area contributed by atoms with Crippen LogP contribution in [0.15, 0.2) is 18.1 Å². The Morgan fingerprint density at radius 1 is 1.75 bits per heavy atom. The molecule has 3 heteroatoms. The minimum atomic E-state index is 0.590. The Morgan fingerprint density at radius 2 is 2.50 bits per heavy atom. The topological polar surface area (TPSA) is 17.8 Å². The van der Waals surface area contributed by atoms with Gasteiger partial charge in [-0.15, -0.1) is 11.6 Å². The molecule has 1 rings (SSSR count). The zero-order valence-corrected chi connectivity index (χ0v) is 8.17. The van der Waals surface area contributed by atoms with E-state index in [4.69, 9.17) is 11.6 Å². The molecule has 0 atom stereocenters. The molecule has 1 heterocycles. The first-order valence-corrected chi connectivity index (χ1v) is 4.53. The zero-order valence-electron chi connectivity index (χ0n) is 7.42. The van der Waals surface area contributed by atoms with Gasteiger partial charge < -0.3 is 4.57 Å². The lowest BCUT2D eigenvalue weighted by Gasteiger charge is -1.95. The third-order valence-electron chi connectivity index (χ3n) is 1.70. The van der Waals surface area contributed by atoms with Crippen molar-refractivity contribution in [1.82, 2.24) is 9.55 Å². The summed E-state index contributed by atoms with van der Waals surface area (Å²) in [6.45, 7) is 2.09. The predicted molar refractivity (Wildman–Crippen MR) is 52.2 cm³/mol. The van der Waals surface area contributed by atoms with Crippen LogP contribution in [0.1, 0.15) is 19.0 Å². The molecule has 0 aromatic carbocycles. The summed E-state index contributed by atoms with van der Waals surface area (Å²) in [5.74, 6) is 0.590. The molecule has 0 radical (unpaired) electrons. The summed E-state index contributed by atoms with van der Waals surface area (Å²) in [6, 6.07) is 0. The first-order valence-electron chi connectivity index (χ1n) is 3.99. The van der Waals surface area contributed by atoms with Gasteiger partial charge in [-0.3, -0.25) is 0 Å². The van der Waals surface area contributed by atoms with Crippen LogP contribution in [0.25, 0.3) is 6.08 Å². The predicted octanol–water partition coefficient (Wildman–Crippen LogP) is 2.45. The van der Waals surface area contributed by atoms with E-state index in [1.54, 1.807) is 6.33 Å². The molecule has 0 bridgehead atoms. The number of halogens is 1. The van der Waals surface area contributed by atoms with E-state index in [-0.39, 0.29) is 0 Å². The maximum Gasteiger partial charge on any atom is 0.0950 e. The molecular weight excluding hydrogens is 172 g/mol. The van der Waals surface area contributed by atoms with Crippen molar-refractivity contribution in [3.05, 3.63) is 23.8 Å². The molecule has 1 aromatic heterocycles. The van der Waals surface area contributed by atoms with E-state index in [1.165, 1.54) is 5.57 Å². The van der Waals surface area contributed by atoms with Crippen LogP contribution in [0.5, 0.6) is 0 Å². The summed E-state index contributed by atoms with van der Waals surface area (Å²) >= 11 is 5.72. The molecule has 0 unspecified atom stereocenters. The van der Waals surface area contributed by atoms with Gasteiger partial charge in [0.25, 0.3) is 0 Å². The lowest BCUT2D eigenvalue weighted by Crippen LogP contribution is -1.82. The van der Waals surface area contributed by atoms with Crippen LogP contribution in [0.4, 0.5) is 0 Å². The highest BCUT2D eigenvalue weighted by molar-refractivity contribution is 6.19. The van der Waals surface area contributed by atoms with Gasteiger partial charge in [-0.1, -0.05) is 12.5 Å². The van der Waals surface area contributed by atoms with E-state index in [1.807, 2.05) is 23.9 Å². The molecule has 66 valence electrons. The van der Waals surface area contributed by atoms with E-state index >= 15 is 0 Å². The summed E-state index contributed by atoms with van der Waals surface area (Å²) in [4.78, 5) is 4.18. The number of hydrogen-bond acceptors (Lipinski definition) is 1. The van der Waals surface area contributed by atoms with Crippen LogP contribution in [-0.2, 0) is 7.05 Å². The molecule has 2 nitrogen and oxygen atoms in total. The standard InChI is InChI=1S/C9H13ClN2/c1-3-8(5-10)4-9-6-12(2)7-11-9/h4,6-7H,3,5H2,1-2H3/b8-4+. The lowest BCUT2D eigenvalue weighted by molar-refractivity contribution is 0.913. The van der Waals surface area contributed by atoms with Crippen molar-refractivity contribution < 1.29 is 0 Å². The molecular formula is C9H13ClN2. The third kappa shape index (κ3) is 2.38. The highest BCUT2D eigenvalue weighted by Gasteiger charge is 1.95. The Morgan fingerprint density at radius 3 is 2.92 bits per heavy atom.